The lowest BCUT2D eigenvalue weighted by Crippen LogP contribution is -2.04. The van der Waals surface area contributed by atoms with Gasteiger partial charge in [0.2, 0.25) is 0 Å². The predicted octanol–water partition coefficient (Wildman–Crippen LogP) is 4.23. The number of aromatic carboxylic acids is 1. The lowest BCUT2D eigenvalue weighted by molar-refractivity contribution is 0.0698. The maximum atomic E-state index is 13.0. The monoisotopic (exact) mass is 279 g/mol. The van der Waals surface area contributed by atoms with Crippen molar-refractivity contribution in [2.45, 2.75) is 6.92 Å². The van der Waals surface area contributed by atoms with Gasteiger partial charge in [0.1, 0.15) is 11.4 Å². The van der Waals surface area contributed by atoms with Crippen LogP contribution >= 0.6 is 11.6 Å². The first-order chi connectivity index (χ1) is 8.99. The molecule has 0 aliphatic carbocycles. The van der Waals surface area contributed by atoms with Crippen LogP contribution in [0, 0.1) is 12.7 Å². The molecular formula is C14H11ClFNO2. The summed E-state index contributed by atoms with van der Waals surface area (Å²) in [7, 11) is 0. The largest absolute Gasteiger partial charge is 0.478 e. The van der Waals surface area contributed by atoms with Crippen molar-refractivity contribution >= 4 is 28.9 Å². The Balaban J connectivity index is 2.44. The zero-order chi connectivity index (χ0) is 14.0. The Morgan fingerprint density at radius 3 is 2.63 bits per heavy atom. The highest BCUT2D eigenvalue weighted by molar-refractivity contribution is 6.34. The first kappa shape index (κ1) is 13.4. The molecule has 0 atom stereocenters. The van der Waals surface area contributed by atoms with Crippen LogP contribution in [0.4, 0.5) is 15.8 Å². The summed E-state index contributed by atoms with van der Waals surface area (Å²) in [6.45, 7) is 1.73. The van der Waals surface area contributed by atoms with E-state index in [0.717, 1.165) is 0 Å². The molecule has 19 heavy (non-hydrogen) atoms. The molecule has 0 fully saturated rings. The van der Waals surface area contributed by atoms with E-state index in [9.17, 15) is 9.18 Å². The Morgan fingerprint density at radius 1 is 1.26 bits per heavy atom. The molecule has 3 nitrogen and oxygen atoms in total. The molecule has 2 aromatic carbocycles. The van der Waals surface area contributed by atoms with Gasteiger partial charge in [0.15, 0.2) is 0 Å². The van der Waals surface area contributed by atoms with E-state index in [4.69, 9.17) is 16.7 Å². The lowest BCUT2D eigenvalue weighted by atomic mass is 10.1. The molecule has 2 rings (SSSR count). The zero-order valence-corrected chi connectivity index (χ0v) is 10.8. The van der Waals surface area contributed by atoms with Gasteiger partial charge in [0, 0.05) is 5.69 Å². The SMILES string of the molecule is Cc1cc(F)ccc1Nc1cccc(Cl)c1C(=O)O. The number of anilines is 2. The normalized spacial score (nSPS) is 10.3. The average Bonchev–Trinajstić information content (AvgIpc) is 2.32. The van der Waals surface area contributed by atoms with Crippen LogP contribution in [0.5, 0.6) is 0 Å². The molecular weight excluding hydrogens is 269 g/mol. The van der Waals surface area contributed by atoms with Gasteiger partial charge in [-0.1, -0.05) is 17.7 Å². The van der Waals surface area contributed by atoms with Crippen LogP contribution in [-0.4, -0.2) is 11.1 Å². The third-order valence-electron chi connectivity index (χ3n) is 2.69. The number of hydrogen-bond donors (Lipinski definition) is 2. The first-order valence-electron chi connectivity index (χ1n) is 5.54. The highest BCUT2D eigenvalue weighted by atomic mass is 35.5. The summed E-state index contributed by atoms with van der Waals surface area (Å²) < 4.78 is 13.0. The molecule has 0 amide bonds. The predicted molar refractivity (Wildman–Crippen MR) is 72.8 cm³/mol. The molecule has 0 aliphatic rings. The van der Waals surface area contributed by atoms with Gasteiger partial charge in [-0.2, -0.15) is 0 Å². The summed E-state index contributed by atoms with van der Waals surface area (Å²) in [6, 6.07) is 8.99. The molecule has 0 saturated carbocycles. The fraction of sp³-hybridized carbons (Fsp3) is 0.0714. The Hall–Kier alpha value is -2.07. The number of halogens is 2. The van der Waals surface area contributed by atoms with E-state index >= 15 is 0 Å². The molecule has 5 heteroatoms. The van der Waals surface area contributed by atoms with Crippen molar-refractivity contribution in [1.82, 2.24) is 0 Å². The molecule has 0 radical (unpaired) electrons. The fourth-order valence-corrected chi connectivity index (χ4v) is 2.01. The second-order valence-corrected chi connectivity index (χ2v) is 4.46. The quantitative estimate of drug-likeness (QED) is 0.884. The Bertz CT molecular complexity index is 643. The van der Waals surface area contributed by atoms with E-state index in [1.807, 2.05) is 0 Å². The summed E-state index contributed by atoms with van der Waals surface area (Å²) in [5.74, 6) is -1.46. The topological polar surface area (TPSA) is 49.3 Å². The molecule has 0 aromatic heterocycles. The third kappa shape index (κ3) is 2.85. The molecule has 0 unspecified atom stereocenters. The van der Waals surface area contributed by atoms with Gasteiger partial charge in [0.25, 0.3) is 0 Å². The van der Waals surface area contributed by atoms with Crippen molar-refractivity contribution in [2.75, 3.05) is 5.32 Å². The maximum absolute atomic E-state index is 13.0. The van der Waals surface area contributed by atoms with Gasteiger partial charge in [0.05, 0.1) is 10.7 Å². The second kappa shape index (κ2) is 5.28. The minimum atomic E-state index is -1.12. The average molecular weight is 280 g/mol. The van der Waals surface area contributed by atoms with Gasteiger partial charge in [-0.3, -0.25) is 0 Å². The number of nitrogens with one attached hydrogen (secondary N) is 1. The molecule has 0 heterocycles. The highest BCUT2D eigenvalue weighted by Crippen LogP contribution is 2.28. The van der Waals surface area contributed by atoms with Crippen molar-refractivity contribution in [3.63, 3.8) is 0 Å². The molecule has 0 saturated heterocycles. The maximum Gasteiger partial charge on any atom is 0.339 e. The number of hydrogen-bond acceptors (Lipinski definition) is 2. The standard InChI is InChI=1S/C14H11ClFNO2/c1-8-7-9(16)5-6-11(8)17-12-4-2-3-10(15)13(12)14(18)19/h2-7,17H,1H3,(H,18,19). The number of carbonyl (C=O) groups is 1. The Labute approximate surface area is 114 Å². The second-order valence-electron chi connectivity index (χ2n) is 4.05. The molecule has 0 aliphatic heterocycles. The molecule has 0 spiro atoms. The van der Waals surface area contributed by atoms with Gasteiger partial charge in [-0.25, -0.2) is 9.18 Å². The summed E-state index contributed by atoms with van der Waals surface area (Å²) in [5.41, 5.74) is 1.67. The van der Waals surface area contributed by atoms with Crippen molar-refractivity contribution < 1.29 is 14.3 Å². The molecule has 98 valence electrons. The van der Waals surface area contributed by atoms with Gasteiger partial charge < -0.3 is 10.4 Å². The van der Waals surface area contributed by atoms with Crippen LogP contribution in [0.1, 0.15) is 15.9 Å². The van der Waals surface area contributed by atoms with Crippen LogP contribution in [0.3, 0.4) is 0 Å². The van der Waals surface area contributed by atoms with Crippen molar-refractivity contribution in [3.05, 3.63) is 58.4 Å². The van der Waals surface area contributed by atoms with Crippen molar-refractivity contribution in [3.8, 4) is 0 Å². The lowest BCUT2D eigenvalue weighted by Gasteiger charge is -2.12. The minimum Gasteiger partial charge on any atom is -0.478 e. The Kier molecular flexibility index (Phi) is 3.71. The highest BCUT2D eigenvalue weighted by Gasteiger charge is 2.14. The Morgan fingerprint density at radius 2 is 2.00 bits per heavy atom. The summed E-state index contributed by atoms with van der Waals surface area (Å²) in [5, 5.41) is 12.3. The number of aryl methyl sites for hydroxylation is 1. The summed E-state index contributed by atoms with van der Waals surface area (Å²) in [6.07, 6.45) is 0. The van der Waals surface area contributed by atoms with Crippen molar-refractivity contribution in [1.29, 1.82) is 0 Å². The van der Waals surface area contributed by atoms with Gasteiger partial charge >= 0.3 is 5.97 Å². The molecule has 2 aromatic rings. The van der Waals surface area contributed by atoms with Crippen LogP contribution in [0.15, 0.2) is 36.4 Å². The van der Waals surface area contributed by atoms with E-state index in [0.29, 0.717) is 16.9 Å². The fourth-order valence-electron chi connectivity index (χ4n) is 1.76. The molecule has 0 bridgehead atoms. The number of carboxylic acids is 1. The van der Waals surface area contributed by atoms with Crippen LogP contribution in [0.2, 0.25) is 5.02 Å². The number of carboxylic acid groups (broad SMARTS) is 1. The smallest absolute Gasteiger partial charge is 0.339 e. The summed E-state index contributed by atoms with van der Waals surface area (Å²) in [4.78, 5) is 11.2. The summed E-state index contributed by atoms with van der Waals surface area (Å²) >= 11 is 5.87. The minimum absolute atomic E-state index is 0.00658. The van der Waals surface area contributed by atoms with Gasteiger partial charge in [-0.15, -0.1) is 0 Å². The van der Waals surface area contributed by atoms with Gasteiger partial charge in [-0.05, 0) is 42.8 Å². The van der Waals surface area contributed by atoms with Crippen molar-refractivity contribution in [2.24, 2.45) is 0 Å². The third-order valence-corrected chi connectivity index (χ3v) is 3.00. The number of rotatable bonds is 3. The van der Waals surface area contributed by atoms with Crippen LogP contribution < -0.4 is 5.32 Å². The molecule has 2 N–H and O–H groups in total. The zero-order valence-electron chi connectivity index (χ0n) is 10.1. The van der Waals surface area contributed by atoms with E-state index < -0.39 is 5.97 Å². The van der Waals surface area contributed by atoms with E-state index in [-0.39, 0.29) is 16.4 Å². The van der Waals surface area contributed by atoms with Crippen LogP contribution in [-0.2, 0) is 0 Å². The van der Waals surface area contributed by atoms with Crippen LogP contribution in [0.25, 0.3) is 0 Å². The van der Waals surface area contributed by atoms with E-state index in [1.54, 1.807) is 25.1 Å². The first-order valence-corrected chi connectivity index (χ1v) is 5.92. The van der Waals surface area contributed by atoms with E-state index in [1.165, 1.54) is 18.2 Å². The number of benzene rings is 2. The van der Waals surface area contributed by atoms with E-state index in [2.05, 4.69) is 5.32 Å².